The van der Waals surface area contributed by atoms with E-state index in [1.54, 1.807) is 12.5 Å². The average Bonchev–Trinajstić information content (AvgIpc) is 2.30. The van der Waals surface area contributed by atoms with Gasteiger partial charge in [-0.2, -0.15) is 0 Å². The van der Waals surface area contributed by atoms with Gasteiger partial charge in [-0.1, -0.05) is 0 Å². The van der Waals surface area contributed by atoms with Crippen molar-refractivity contribution in [1.82, 2.24) is 0 Å². The third-order valence-electron chi connectivity index (χ3n) is 2.85. The molecule has 2 heteroatoms. The van der Waals surface area contributed by atoms with Crippen LogP contribution in [0.3, 0.4) is 0 Å². The molecule has 0 aliphatic rings. The second-order valence-corrected chi connectivity index (χ2v) is 12.1. The minimum Gasteiger partial charge on any atom is -0.147 e. The first-order chi connectivity index (χ1) is 7.38. The third kappa shape index (κ3) is 6.14. The van der Waals surface area contributed by atoms with Crippen molar-refractivity contribution in [2.75, 3.05) is 0 Å². The molecular formula is C14H24ClSn. The minimum atomic E-state index is -1.22. The molecule has 0 amide bonds. The first kappa shape index (κ1) is 16.3. The van der Waals surface area contributed by atoms with E-state index in [9.17, 15) is 0 Å². The fourth-order valence-corrected chi connectivity index (χ4v) is 10.6. The molecule has 0 fully saturated rings. The molecule has 0 bridgehead atoms. The molecule has 1 rings (SSSR count). The zero-order valence-electron chi connectivity index (χ0n) is 10.5. The Balaban J connectivity index is 0.00000225. The molecule has 0 atom stereocenters. The van der Waals surface area contributed by atoms with E-state index in [-0.39, 0.29) is 12.4 Å². The van der Waals surface area contributed by atoms with Crippen LogP contribution in [0.2, 0.25) is 8.87 Å². The van der Waals surface area contributed by atoms with E-state index in [1.807, 2.05) is 0 Å². The molecule has 0 aliphatic heterocycles. The van der Waals surface area contributed by atoms with Crippen molar-refractivity contribution in [3.05, 3.63) is 30.3 Å². The Morgan fingerprint density at radius 1 is 0.875 bits per heavy atom. The van der Waals surface area contributed by atoms with E-state index in [0.717, 1.165) is 0 Å². The standard InChI is InChI=1S/C6H5.2C4H9.ClH.Sn/c1-2-4-6-5-3-1;2*1-3-4-2;;/h1-5H;2*1,3-4H2,2H3;1H;. The van der Waals surface area contributed by atoms with Crippen LogP contribution in [0, 0.1) is 0 Å². The topological polar surface area (TPSA) is 0 Å². The SMILES string of the molecule is CCC[CH2][Sn]([CH2]CCC)[c]1ccccc1.Cl. The van der Waals surface area contributed by atoms with E-state index >= 15 is 0 Å². The summed E-state index contributed by atoms with van der Waals surface area (Å²) in [4.78, 5) is 0. The number of hydrogen-bond acceptors (Lipinski definition) is 0. The molecule has 0 nitrogen and oxygen atoms in total. The fourth-order valence-electron chi connectivity index (χ4n) is 1.87. The van der Waals surface area contributed by atoms with Crippen LogP contribution in [0.4, 0.5) is 0 Å². The number of unbranched alkanes of at least 4 members (excludes halogenated alkanes) is 2. The summed E-state index contributed by atoms with van der Waals surface area (Å²) in [6.45, 7) is 4.62. The molecule has 0 aliphatic carbocycles. The van der Waals surface area contributed by atoms with Gasteiger partial charge in [-0.05, 0) is 0 Å². The van der Waals surface area contributed by atoms with Gasteiger partial charge in [-0.3, -0.25) is 0 Å². The van der Waals surface area contributed by atoms with Crippen LogP contribution in [-0.2, 0) is 0 Å². The van der Waals surface area contributed by atoms with Gasteiger partial charge in [0.2, 0.25) is 0 Å². The molecule has 0 unspecified atom stereocenters. The van der Waals surface area contributed by atoms with Gasteiger partial charge < -0.3 is 0 Å². The van der Waals surface area contributed by atoms with Crippen LogP contribution in [0.5, 0.6) is 0 Å². The van der Waals surface area contributed by atoms with Gasteiger partial charge in [0.1, 0.15) is 0 Å². The van der Waals surface area contributed by atoms with Crippen LogP contribution in [0.1, 0.15) is 39.5 Å². The van der Waals surface area contributed by atoms with Crippen LogP contribution < -0.4 is 3.58 Å². The second-order valence-electron chi connectivity index (χ2n) is 4.18. The van der Waals surface area contributed by atoms with Gasteiger partial charge in [0, 0.05) is 0 Å². The van der Waals surface area contributed by atoms with E-state index in [4.69, 9.17) is 0 Å². The molecule has 0 N–H and O–H groups in total. The van der Waals surface area contributed by atoms with Crippen molar-refractivity contribution in [3.63, 3.8) is 0 Å². The first-order valence-electron chi connectivity index (χ1n) is 6.28. The Kier molecular flexibility index (Phi) is 10.7. The van der Waals surface area contributed by atoms with Crippen molar-refractivity contribution in [2.45, 2.75) is 48.4 Å². The van der Waals surface area contributed by atoms with Crippen molar-refractivity contribution in [1.29, 1.82) is 0 Å². The average molecular weight is 347 g/mol. The van der Waals surface area contributed by atoms with E-state index in [1.165, 1.54) is 25.7 Å². The summed E-state index contributed by atoms with van der Waals surface area (Å²) >= 11 is -1.22. The summed E-state index contributed by atoms with van der Waals surface area (Å²) in [6.07, 6.45) is 5.63. The van der Waals surface area contributed by atoms with Crippen molar-refractivity contribution in [3.8, 4) is 0 Å². The first-order valence-corrected chi connectivity index (χ1v) is 11.7. The zero-order chi connectivity index (χ0) is 10.9. The van der Waals surface area contributed by atoms with Crippen molar-refractivity contribution in [2.24, 2.45) is 0 Å². The van der Waals surface area contributed by atoms with Gasteiger partial charge in [-0.25, -0.2) is 0 Å². The molecule has 1 aromatic rings. The molecule has 0 aromatic heterocycles. The molecule has 0 heterocycles. The Morgan fingerprint density at radius 2 is 1.38 bits per heavy atom. The summed E-state index contributed by atoms with van der Waals surface area (Å²) in [6, 6.07) is 11.3. The van der Waals surface area contributed by atoms with Gasteiger partial charge >= 0.3 is 102 Å². The monoisotopic (exact) mass is 347 g/mol. The zero-order valence-corrected chi connectivity index (χ0v) is 14.2. The predicted octanol–water partition coefficient (Wildman–Crippen LogP) is 4.41. The van der Waals surface area contributed by atoms with E-state index < -0.39 is 19.8 Å². The molecule has 0 saturated heterocycles. The van der Waals surface area contributed by atoms with Crippen LogP contribution >= 0.6 is 12.4 Å². The van der Waals surface area contributed by atoms with Gasteiger partial charge in [0.05, 0.1) is 0 Å². The maximum Gasteiger partial charge on any atom is -0.147 e. The van der Waals surface area contributed by atoms with Crippen molar-refractivity contribution >= 4 is 35.7 Å². The predicted molar refractivity (Wildman–Crippen MR) is 78.5 cm³/mol. The smallest absolute Gasteiger partial charge is 0.147 e. The molecule has 0 saturated carbocycles. The number of rotatable bonds is 7. The maximum absolute atomic E-state index is 2.38. The van der Waals surface area contributed by atoms with Crippen LogP contribution in [0.25, 0.3) is 0 Å². The quantitative estimate of drug-likeness (QED) is 0.642. The molecule has 1 radical (unpaired) electrons. The number of benzene rings is 1. The summed E-state index contributed by atoms with van der Waals surface area (Å²) in [5.74, 6) is 0. The maximum atomic E-state index is 2.38. The Morgan fingerprint density at radius 3 is 1.81 bits per heavy atom. The summed E-state index contributed by atoms with van der Waals surface area (Å²) in [7, 11) is 0. The molecule has 16 heavy (non-hydrogen) atoms. The molecule has 1 aromatic carbocycles. The Hall–Kier alpha value is 0.309. The van der Waals surface area contributed by atoms with Gasteiger partial charge in [0.25, 0.3) is 0 Å². The number of hydrogen-bond donors (Lipinski definition) is 0. The van der Waals surface area contributed by atoms with Gasteiger partial charge in [0.15, 0.2) is 0 Å². The Labute approximate surface area is 114 Å². The van der Waals surface area contributed by atoms with Crippen LogP contribution in [0.15, 0.2) is 30.3 Å². The third-order valence-corrected chi connectivity index (χ3v) is 11.6. The largest absolute Gasteiger partial charge is 0.147 e. The summed E-state index contributed by atoms with van der Waals surface area (Å²) < 4.78 is 4.85. The van der Waals surface area contributed by atoms with E-state index in [2.05, 4.69) is 44.2 Å². The minimum absolute atomic E-state index is 0. The second kappa shape index (κ2) is 10.5. The number of halogens is 1. The molecule has 0 spiro atoms. The Bertz CT molecular complexity index is 240. The van der Waals surface area contributed by atoms with E-state index in [0.29, 0.717) is 0 Å². The van der Waals surface area contributed by atoms with Gasteiger partial charge in [-0.15, -0.1) is 12.4 Å². The van der Waals surface area contributed by atoms with Crippen LogP contribution in [-0.4, -0.2) is 19.8 Å². The van der Waals surface area contributed by atoms with Crippen molar-refractivity contribution < 1.29 is 0 Å². The molecule has 91 valence electrons. The normalized spacial score (nSPS) is 10.2. The molecular weight excluding hydrogens is 322 g/mol. The fraction of sp³-hybridized carbons (Fsp3) is 0.571. The summed E-state index contributed by atoms with van der Waals surface area (Å²) in [5, 5.41) is 0. The summed E-state index contributed by atoms with van der Waals surface area (Å²) in [5.41, 5.74) is 0.